The lowest BCUT2D eigenvalue weighted by Crippen LogP contribution is -2.33. The van der Waals surface area contributed by atoms with Crippen molar-refractivity contribution in [3.05, 3.63) is 11.8 Å². The molecule has 2 aliphatic rings. The highest BCUT2D eigenvalue weighted by molar-refractivity contribution is 9.07. The molecule has 1 aliphatic heterocycles. The van der Waals surface area contributed by atoms with E-state index in [0.717, 1.165) is 5.57 Å². The van der Waals surface area contributed by atoms with Crippen molar-refractivity contribution >= 4 is 22.1 Å². The molecule has 1 amide bonds. The first-order valence-corrected chi connectivity index (χ1v) is 5.21. The first kappa shape index (κ1) is 8.30. The van der Waals surface area contributed by atoms with Gasteiger partial charge in [0.15, 0.2) is 0 Å². The number of carbonyl (C=O) groups is 1. The Labute approximate surface area is 81.0 Å². The van der Waals surface area contributed by atoms with Gasteiger partial charge < -0.3 is 0 Å². The van der Waals surface area contributed by atoms with Crippen molar-refractivity contribution in [1.29, 1.82) is 0 Å². The zero-order chi connectivity index (χ0) is 8.55. The van der Waals surface area contributed by atoms with E-state index in [1.807, 2.05) is 6.20 Å². The molecule has 12 heavy (non-hydrogen) atoms. The number of hydrogen-bond acceptors (Lipinski definition) is 1. The van der Waals surface area contributed by atoms with Gasteiger partial charge in [-0.2, -0.15) is 0 Å². The zero-order valence-corrected chi connectivity index (χ0v) is 8.51. The highest BCUT2D eigenvalue weighted by Crippen LogP contribution is 2.35. The lowest BCUT2D eigenvalue weighted by Gasteiger charge is -2.31. The minimum Gasteiger partial charge on any atom is -0.268 e. The fourth-order valence-corrected chi connectivity index (χ4v) is 2.41. The number of hydrogen-bond donors (Lipinski definition) is 0. The van der Waals surface area contributed by atoms with Gasteiger partial charge in [0.25, 0.3) is 5.91 Å². The monoisotopic (exact) mass is 229 g/mol. The number of amides is 1. The van der Waals surface area contributed by atoms with E-state index in [1.165, 1.54) is 36.0 Å². The first-order valence-electron chi connectivity index (χ1n) is 4.50. The summed E-state index contributed by atoms with van der Waals surface area (Å²) in [4.78, 5) is 11.3. The third-order valence-corrected chi connectivity index (χ3v) is 3.27. The number of carbonyl (C=O) groups excluding carboxylic acids is 1. The van der Waals surface area contributed by atoms with Crippen LogP contribution >= 0.6 is 16.1 Å². The summed E-state index contributed by atoms with van der Waals surface area (Å²) < 4.78 is 1.50. The Balaban J connectivity index is 2.01. The molecule has 0 bridgehead atoms. The molecular formula is C9H12BrNO. The molecule has 0 N–H and O–H groups in total. The Bertz CT molecular complexity index is 231. The van der Waals surface area contributed by atoms with Crippen LogP contribution in [0.25, 0.3) is 0 Å². The molecule has 0 unspecified atom stereocenters. The highest BCUT2D eigenvalue weighted by atomic mass is 79.9. The number of rotatable bonds is 1. The Hall–Kier alpha value is -0.310. The number of halogens is 1. The summed E-state index contributed by atoms with van der Waals surface area (Å²) in [5.41, 5.74) is 1.03. The molecule has 1 saturated carbocycles. The average molecular weight is 230 g/mol. The summed E-state index contributed by atoms with van der Waals surface area (Å²) in [7, 11) is 0. The van der Waals surface area contributed by atoms with Crippen LogP contribution in [0.4, 0.5) is 0 Å². The van der Waals surface area contributed by atoms with Gasteiger partial charge >= 0.3 is 0 Å². The summed E-state index contributed by atoms with van der Waals surface area (Å²) in [5, 5.41) is 0. The first-order chi connectivity index (χ1) is 5.79. The quantitative estimate of drug-likeness (QED) is 0.634. The molecule has 3 heteroatoms. The van der Waals surface area contributed by atoms with E-state index in [0.29, 0.717) is 5.92 Å². The second-order valence-electron chi connectivity index (χ2n) is 3.54. The summed E-state index contributed by atoms with van der Waals surface area (Å²) in [6.07, 6.45) is 8.25. The van der Waals surface area contributed by atoms with Crippen molar-refractivity contribution in [2.75, 3.05) is 0 Å². The van der Waals surface area contributed by atoms with Gasteiger partial charge in [0, 0.05) is 11.8 Å². The lowest BCUT2D eigenvalue weighted by molar-refractivity contribution is -0.123. The van der Waals surface area contributed by atoms with Crippen LogP contribution < -0.4 is 0 Å². The Kier molecular flexibility index (Phi) is 2.22. The van der Waals surface area contributed by atoms with Gasteiger partial charge in [-0.05, 0) is 18.8 Å². The van der Waals surface area contributed by atoms with Gasteiger partial charge in [0.2, 0.25) is 0 Å². The Morgan fingerprint density at radius 3 is 2.50 bits per heavy atom. The molecule has 0 aromatic rings. The molecule has 0 spiro atoms. The summed E-state index contributed by atoms with van der Waals surface area (Å²) in [5.74, 6) is 0.724. The molecule has 2 nitrogen and oxygen atoms in total. The van der Waals surface area contributed by atoms with Crippen LogP contribution in [0.15, 0.2) is 11.8 Å². The van der Waals surface area contributed by atoms with Crippen LogP contribution in [0.5, 0.6) is 0 Å². The van der Waals surface area contributed by atoms with E-state index in [9.17, 15) is 4.79 Å². The molecule has 0 aromatic heterocycles. The summed E-state index contributed by atoms with van der Waals surface area (Å²) in [6, 6.07) is 0. The van der Waals surface area contributed by atoms with Gasteiger partial charge in [-0.25, -0.2) is 3.93 Å². The molecule has 1 aliphatic carbocycles. The van der Waals surface area contributed by atoms with Crippen LogP contribution in [0, 0.1) is 5.92 Å². The van der Waals surface area contributed by atoms with Crippen LogP contribution in [0.1, 0.15) is 32.1 Å². The zero-order valence-electron chi connectivity index (χ0n) is 6.92. The van der Waals surface area contributed by atoms with Gasteiger partial charge in [-0.3, -0.25) is 4.79 Å². The molecule has 66 valence electrons. The average Bonchev–Trinajstić information content (AvgIpc) is 2.15. The summed E-state index contributed by atoms with van der Waals surface area (Å²) in [6.45, 7) is 0. The predicted octanol–water partition coefficient (Wildman–Crippen LogP) is 2.60. The highest BCUT2D eigenvalue weighted by Gasteiger charge is 2.32. The second-order valence-corrected chi connectivity index (χ2v) is 4.30. The standard InChI is InChI=1S/C9H12BrNO/c10-11-6-8(9(11)12)7-4-2-1-3-5-7/h6-7H,1-5H2. The molecule has 1 heterocycles. The maximum atomic E-state index is 11.3. The topological polar surface area (TPSA) is 20.3 Å². The van der Waals surface area contributed by atoms with Gasteiger partial charge in [0.1, 0.15) is 0 Å². The van der Waals surface area contributed by atoms with E-state index >= 15 is 0 Å². The van der Waals surface area contributed by atoms with Crippen molar-refractivity contribution in [3.8, 4) is 0 Å². The third-order valence-electron chi connectivity index (χ3n) is 2.74. The molecule has 2 rings (SSSR count). The normalized spacial score (nSPS) is 25.2. The van der Waals surface area contributed by atoms with Crippen molar-refractivity contribution in [1.82, 2.24) is 3.93 Å². The van der Waals surface area contributed by atoms with E-state index in [2.05, 4.69) is 16.1 Å². The smallest absolute Gasteiger partial charge is 0.265 e. The van der Waals surface area contributed by atoms with Crippen LogP contribution in [-0.4, -0.2) is 9.83 Å². The molecule has 0 atom stereocenters. The van der Waals surface area contributed by atoms with E-state index < -0.39 is 0 Å². The van der Waals surface area contributed by atoms with Crippen molar-refractivity contribution < 1.29 is 4.79 Å². The molecule has 0 aromatic carbocycles. The fraction of sp³-hybridized carbons (Fsp3) is 0.667. The van der Waals surface area contributed by atoms with E-state index in [-0.39, 0.29) is 5.91 Å². The Morgan fingerprint density at radius 2 is 2.00 bits per heavy atom. The second kappa shape index (κ2) is 3.21. The number of nitrogens with zero attached hydrogens (tertiary/aromatic N) is 1. The third kappa shape index (κ3) is 1.30. The fourth-order valence-electron chi connectivity index (χ4n) is 1.99. The maximum absolute atomic E-state index is 11.3. The SMILES string of the molecule is O=C1C(C2CCCCC2)=CN1Br. The molecule has 0 saturated heterocycles. The minimum atomic E-state index is 0.168. The van der Waals surface area contributed by atoms with Crippen LogP contribution in [-0.2, 0) is 4.79 Å². The van der Waals surface area contributed by atoms with Gasteiger partial charge in [-0.1, -0.05) is 19.3 Å². The summed E-state index contributed by atoms with van der Waals surface area (Å²) >= 11 is 3.14. The Morgan fingerprint density at radius 1 is 1.33 bits per heavy atom. The molecular weight excluding hydrogens is 218 g/mol. The van der Waals surface area contributed by atoms with Crippen molar-refractivity contribution in [2.24, 2.45) is 5.92 Å². The van der Waals surface area contributed by atoms with E-state index in [1.54, 1.807) is 0 Å². The van der Waals surface area contributed by atoms with Gasteiger partial charge in [0.05, 0.1) is 16.1 Å². The van der Waals surface area contributed by atoms with Crippen molar-refractivity contribution in [3.63, 3.8) is 0 Å². The lowest BCUT2D eigenvalue weighted by atomic mass is 9.82. The van der Waals surface area contributed by atoms with Crippen molar-refractivity contribution in [2.45, 2.75) is 32.1 Å². The molecule has 0 radical (unpaired) electrons. The minimum absolute atomic E-state index is 0.168. The molecule has 1 fully saturated rings. The van der Waals surface area contributed by atoms with Gasteiger partial charge in [-0.15, -0.1) is 0 Å². The maximum Gasteiger partial charge on any atom is 0.265 e. The largest absolute Gasteiger partial charge is 0.268 e. The van der Waals surface area contributed by atoms with Crippen LogP contribution in [0.3, 0.4) is 0 Å². The van der Waals surface area contributed by atoms with Crippen LogP contribution in [0.2, 0.25) is 0 Å². The predicted molar refractivity (Wildman–Crippen MR) is 50.4 cm³/mol. The van der Waals surface area contributed by atoms with E-state index in [4.69, 9.17) is 0 Å².